The third kappa shape index (κ3) is 2.18. The zero-order valence-electron chi connectivity index (χ0n) is 9.94. The van der Waals surface area contributed by atoms with Crippen LogP contribution in [0.3, 0.4) is 0 Å². The third-order valence-electron chi connectivity index (χ3n) is 3.29. The molecule has 0 amide bonds. The van der Waals surface area contributed by atoms with Crippen molar-refractivity contribution in [2.24, 2.45) is 0 Å². The number of fused-ring (bicyclic) bond motifs is 1. The number of nitrogens with zero attached hydrogens (tertiary/aromatic N) is 2. The fourth-order valence-corrected chi connectivity index (χ4v) is 2.58. The van der Waals surface area contributed by atoms with E-state index in [1.807, 2.05) is 12.3 Å². The molecule has 3 rings (SSSR count). The molecule has 1 aliphatic carbocycles. The predicted octanol–water partition coefficient (Wildman–Crippen LogP) is 3.62. The molecule has 0 saturated carbocycles. The topological polar surface area (TPSA) is 37.8 Å². The summed E-state index contributed by atoms with van der Waals surface area (Å²) in [6.07, 6.45) is 8.68. The Morgan fingerprint density at radius 3 is 3.11 bits per heavy atom. The van der Waals surface area contributed by atoms with Gasteiger partial charge < -0.3 is 5.32 Å². The van der Waals surface area contributed by atoms with E-state index in [0.29, 0.717) is 5.02 Å². The van der Waals surface area contributed by atoms with Crippen LogP contribution in [-0.4, -0.2) is 9.97 Å². The molecule has 0 spiro atoms. The van der Waals surface area contributed by atoms with Crippen LogP contribution >= 0.6 is 11.6 Å². The van der Waals surface area contributed by atoms with Gasteiger partial charge in [0.1, 0.15) is 0 Å². The van der Waals surface area contributed by atoms with Crippen LogP contribution in [0.4, 0.5) is 5.69 Å². The van der Waals surface area contributed by atoms with Crippen LogP contribution in [0.15, 0.2) is 36.8 Å². The molecule has 1 atom stereocenters. The van der Waals surface area contributed by atoms with Gasteiger partial charge in [-0.1, -0.05) is 17.7 Å². The highest BCUT2D eigenvalue weighted by atomic mass is 35.5. The summed E-state index contributed by atoms with van der Waals surface area (Å²) in [5.41, 5.74) is 3.35. The molecule has 1 unspecified atom stereocenters. The zero-order valence-corrected chi connectivity index (χ0v) is 10.7. The Labute approximate surface area is 111 Å². The first-order valence-electron chi connectivity index (χ1n) is 6.14. The smallest absolute Gasteiger partial charge is 0.0721 e. The quantitative estimate of drug-likeness (QED) is 0.895. The van der Waals surface area contributed by atoms with Crippen molar-refractivity contribution in [3.8, 4) is 0 Å². The molecule has 4 heteroatoms. The lowest BCUT2D eigenvalue weighted by molar-refractivity contribution is 0.583. The summed E-state index contributed by atoms with van der Waals surface area (Å²) in [5, 5.41) is 4.15. The van der Waals surface area contributed by atoms with Gasteiger partial charge in [0.05, 0.1) is 28.6 Å². The summed E-state index contributed by atoms with van der Waals surface area (Å²) in [4.78, 5) is 8.60. The van der Waals surface area contributed by atoms with E-state index in [2.05, 4.69) is 21.4 Å². The maximum absolute atomic E-state index is 6.15. The van der Waals surface area contributed by atoms with Gasteiger partial charge in [0.2, 0.25) is 0 Å². The highest BCUT2D eigenvalue weighted by Gasteiger charge is 2.21. The molecule has 0 bridgehead atoms. The van der Waals surface area contributed by atoms with Gasteiger partial charge in [-0.3, -0.25) is 9.97 Å². The van der Waals surface area contributed by atoms with Gasteiger partial charge >= 0.3 is 0 Å². The first kappa shape index (κ1) is 11.5. The van der Waals surface area contributed by atoms with Crippen molar-refractivity contribution in [2.45, 2.75) is 25.3 Å². The average molecular weight is 260 g/mol. The van der Waals surface area contributed by atoms with Crippen LogP contribution in [0, 0.1) is 0 Å². The van der Waals surface area contributed by atoms with E-state index < -0.39 is 0 Å². The minimum atomic E-state index is 0.233. The van der Waals surface area contributed by atoms with E-state index in [-0.39, 0.29) is 6.04 Å². The van der Waals surface area contributed by atoms with Crippen molar-refractivity contribution in [1.82, 2.24) is 9.97 Å². The second-order valence-electron chi connectivity index (χ2n) is 4.49. The van der Waals surface area contributed by atoms with E-state index in [1.54, 1.807) is 18.5 Å². The Morgan fingerprint density at radius 2 is 2.22 bits per heavy atom. The number of hydrogen-bond acceptors (Lipinski definition) is 3. The average Bonchev–Trinajstić information content (AvgIpc) is 2.42. The van der Waals surface area contributed by atoms with Crippen LogP contribution in [0.25, 0.3) is 0 Å². The number of aryl methyl sites for hydroxylation is 1. The molecule has 2 heterocycles. The lowest BCUT2D eigenvalue weighted by Gasteiger charge is -2.26. The molecule has 18 heavy (non-hydrogen) atoms. The van der Waals surface area contributed by atoms with Crippen LogP contribution in [-0.2, 0) is 6.42 Å². The molecule has 0 saturated heterocycles. The van der Waals surface area contributed by atoms with Crippen LogP contribution in [0.5, 0.6) is 0 Å². The standard InChI is InChI=1S/C14H14ClN3/c15-11-6-8-16-9-13(11)18-12-5-1-3-10-4-2-7-17-14(10)12/h2,4,6-9,12,18H,1,3,5H2. The number of halogens is 1. The molecule has 0 aliphatic heterocycles. The fraction of sp³-hybridized carbons (Fsp3) is 0.286. The van der Waals surface area contributed by atoms with Crippen molar-refractivity contribution >= 4 is 17.3 Å². The molecule has 0 fully saturated rings. The summed E-state index contributed by atoms with van der Waals surface area (Å²) in [5.74, 6) is 0. The first-order valence-corrected chi connectivity index (χ1v) is 6.52. The Bertz CT molecular complexity index is 556. The van der Waals surface area contributed by atoms with E-state index in [0.717, 1.165) is 24.2 Å². The summed E-state index contributed by atoms with van der Waals surface area (Å²) in [6, 6.07) is 6.18. The third-order valence-corrected chi connectivity index (χ3v) is 3.62. The van der Waals surface area contributed by atoms with E-state index in [9.17, 15) is 0 Å². The maximum atomic E-state index is 6.15. The summed E-state index contributed by atoms with van der Waals surface area (Å²) < 4.78 is 0. The molecule has 1 N–H and O–H groups in total. The Hall–Kier alpha value is -1.61. The Morgan fingerprint density at radius 1 is 1.28 bits per heavy atom. The molecular formula is C14H14ClN3. The van der Waals surface area contributed by atoms with Gasteiger partial charge in [-0.15, -0.1) is 0 Å². The second-order valence-corrected chi connectivity index (χ2v) is 4.90. The van der Waals surface area contributed by atoms with Gasteiger partial charge in [-0.2, -0.15) is 0 Å². The number of pyridine rings is 2. The number of anilines is 1. The molecule has 2 aromatic rings. The van der Waals surface area contributed by atoms with Crippen molar-refractivity contribution < 1.29 is 0 Å². The molecule has 0 radical (unpaired) electrons. The maximum Gasteiger partial charge on any atom is 0.0721 e. The number of nitrogens with one attached hydrogen (secondary N) is 1. The van der Waals surface area contributed by atoms with Crippen molar-refractivity contribution in [3.63, 3.8) is 0 Å². The van der Waals surface area contributed by atoms with Gasteiger partial charge in [0.25, 0.3) is 0 Å². The lowest BCUT2D eigenvalue weighted by atomic mass is 9.92. The van der Waals surface area contributed by atoms with Gasteiger partial charge in [0, 0.05) is 12.4 Å². The highest BCUT2D eigenvalue weighted by Crippen LogP contribution is 2.32. The Kier molecular flexibility index (Phi) is 3.15. The Balaban J connectivity index is 1.89. The SMILES string of the molecule is Clc1ccncc1NC1CCCc2cccnc21. The predicted molar refractivity (Wildman–Crippen MR) is 72.8 cm³/mol. The zero-order chi connectivity index (χ0) is 12.4. The summed E-state index contributed by atoms with van der Waals surface area (Å²) in [6.45, 7) is 0. The van der Waals surface area contributed by atoms with Crippen LogP contribution in [0.1, 0.15) is 30.1 Å². The van der Waals surface area contributed by atoms with Gasteiger partial charge in [-0.05, 0) is 37.0 Å². The molecule has 2 aromatic heterocycles. The van der Waals surface area contributed by atoms with Crippen molar-refractivity contribution in [1.29, 1.82) is 0 Å². The van der Waals surface area contributed by atoms with Crippen LogP contribution < -0.4 is 5.32 Å². The molecular weight excluding hydrogens is 246 g/mol. The van der Waals surface area contributed by atoms with E-state index in [4.69, 9.17) is 11.6 Å². The molecule has 92 valence electrons. The number of aromatic nitrogens is 2. The lowest BCUT2D eigenvalue weighted by Crippen LogP contribution is -2.19. The summed E-state index contributed by atoms with van der Waals surface area (Å²) >= 11 is 6.15. The van der Waals surface area contributed by atoms with E-state index in [1.165, 1.54) is 12.0 Å². The number of hydrogen-bond donors (Lipinski definition) is 1. The minimum absolute atomic E-state index is 0.233. The first-order chi connectivity index (χ1) is 8.84. The van der Waals surface area contributed by atoms with Gasteiger partial charge in [-0.25, -0.2) is 0 Å². The largest absolute Gasteiger partial charge is 0.374 e. The molecule has 0 aromatic carbocycles. The minimum Gasteiger partial charge on any atom is -0.374 e. The normalized spacial score (nSPS) is 18.2. The molecule has 3 nitrogen and oxygen atoms in total. The number of rotatable bonds is 2. The second kappa shape index (κ2) is 4.94. The van der Waals surface area contributed by atoms with Gasteiger partial charge in [0.15, 0.2) is 0 Å². The fourth-order valence-electron chi connectivity index (χ4n) is 2.42. The van der Waals surface area contributed by atoms with Crippen LogP contribution in [0.2, 0.25) is 5.02 Å². The summed E-state index contributed by atoms with van der Waals surface area (Å²) in [7, 11) is 0. The van der Waals surface area contributed by atoms with E-state index >= 15 is 0 Å². The monoisotopic (exact) mass is 259 g/mol. The molecule has 1 aliphatic rings. The highest BCUT2D eigenvalue weighted by molar-refractivity contribution is 6.33. The van der Waals surface area contributed by atoms with Crippen molar-refractivity contribution in [2.75, 3.05) is 5.32 Å². The van der Waals surface area contributed by atoms with Crippen molar-refractivity contribution in [3.05, 3.63) is 53.1 Å².